The van der Waals surface area contributed by atoms with E-state index in [4.69, 9.17) is 4.74 Å². The summed E-state index contributed by atoms with van der Waals surface area (Å²) in [4.78, 5) is 66.3. The van der Waals surface area contributed by atoms with Crippen LogP contribution in [0.25, 0.3) is 0 Å². The maximum Gasteiger partial charge on any atom is 0.305 e. The van der Waals surface area contributed by atoms with Gasteiger partial charge in [0.25, 0.3) is 0 Å². The molecule has 6 atom stereocenters. The molecule has 0 radical (unpaired) electrons. The van der Waals surface area contributed by atoms with Gasteiger partial charge >= 0.3 is 11.9 Å². The lowest BCUT2D eigenvalue weighted by Crippen LogP contribution is -2.48. The Labute approximate surface area is 233 Å². The number of methoxy groups -OCH3 is 1. The van der Waals surface area contributed by atoms with Gasteiger partial charge in [-0.3, -0.25) is 24.0 Å². The zero-order chi connectivity index (χ0) is 28.7. The van der Waals surface area contributed by atoms with Crippen molar-refractivity contribution in [2.45, 2.75) is 110 Å². The van der Waals surface area contributed by atoms with Gasteiger partial charge in [0.1, 0.15) is 0 Å². The number of hydrogen-bond acceptors (Lipinski definition) is 7. The first-order valence-corrected chi connectivity index (χ1v) is 14.7. The van der Waals surface area contributed by atoms with Gasteiger partial charge in [-0.25, -0.2) is 0 Å². The van der Waals surface area contributed by atoms with E-state index in [2.05, 4.69) is 30.7 Å². The zero-order valence-electron chi connectivity index (χ0n) is 24.4. The number of fused-ring (bicyclic) bond motifs is 3. The number of carbonyl (C=O) groups is 5. The molecule has 0 aromatic rings. The van der Waals surface area contributed by atoms with Crippen molar-refractivity contribution in [3.63, 3.8) is 0 Å². The molecule has 0 spiro atoms. The lowest BCUT2D eigenvalue weighted by Gasteiger charge is -2.33. The fourth-order valence-corrected chi connectivity index (χ4v) is 6.72. The van der Waals surface area contributed by atoms with Crippen LogP contribution in [0.2, 0.25) is 0 Å². The van der Waals surface area contributed by atoms with Gasteiger partial charge in [0.15, 0.2) is 17.7 Å². The fourth-order valence-electron chi connectivity index (χ4n) is 6.72. The third-order valence-electron chi connectivity index (χ3n) is 9.17. The molecule has 39 heavy (non-hydrogen) atoms. The maximum atomic E-state index is 14.0. The molecule has 3 aliphatic rings. The topological polar surface area (TPSA) is 107 Å². The second-order valence-electron chi connectivity index (χ2n) is 12.3. The number of ether oxygens (including phenoxy) is 2. The molecule has 0 aromatic carbocycles. The van der Waals surface area contributed by atoms with E-state index >= 15 is 0 Å². The van der Waals surface area contributed by atoms with E-state index in [0.717, 1.165) is 44.9 Å². The number of piperidine rings is 1. The second-order valence-corrected chi connectivity index (χ2v) is 12.3. The van der Waals surface area contributed by atoms with E-state index in [-0.39, 0.29) is 54.0 Å². The Morgan fingerprint density at radius 2 is 1.67 bits per heavy atom. The van der Waals surface area contributed by atoms with Crippen LogP contribution < -0.4 is 0 Å². The second kappa shape index (κ2) is 13.7. The highest BCUT2D eigenvalue weighted by atomic mass is 16.5. The SMILES string of the molecule is COC(=O)CCC(=O)C(OC(C)=O)[C@@H]1CCCC/C=C/CCCC[C@H](C)C(=O)N2C[C@H]3[C@@H]([C@H]2C(=O)C1)C3(C)C. The minimum absolute atomic E-state index is 0.00805. The van der Waals surface area contributed by atoms with Crippen LogP contribution in [0.1, 0.15) is 98.3 Å². The third-order valence-corrected chi connectivity index (χ3v) is 9.17. The Bertz CT molecular complexity index is 955. The van der Waals surface area contributed by atoms with Crippen LogP contribution in [-0.4, -0.2) is 60.1 Å². The molecule has 8 nitrogen and oxygen atoms in total. The molecule has 0 N–H and O–H groups in total. The molecule has 1 saturated heterocycles. The number of hydrogen-bond donors (Lipinski definition) is 0. The van der Waals surface area contributed by atoms with E-state index in [1.807, 2.05) is 11.8 Å². The van der Waals surface area contributed by atoms with Crippen LogP contribution in [0.4, 0.5) is 0 Å². The Hall–Kier alpha value is -2.51. The molecule has 2 fully saturated rings. The van der Waals surface area contributed by atoms with Gasteiger partial charge in [-0.15, -0.1) is 0 Å². The molecule has 1 unspecified atom stereocenters. The average molecular weight is 546 g/mol. The van der Waals surface area contributed by atoms with E-state index in [1.54, 1.807) is 0 Å². The molecule has 0 bridgehead atoms. The normalized spacial score (nSPS) is 31.3. The lowest BCUT2D eigenvalue weighted by molar-refractivity contribution is -0.158. The van der Waals surface area contributed by atoms with Crippen LogP contribution in [0.5, 0.6) is 0 Å². The summed E-state index contributed by atoms with van der Waals surface area (Å²) in [5.41, 5.74) is -0.00805. The van der Waals surface area contributed by atoms with Crippen LogP contribution in [-0.2, 0) is 33.4 Å². The van der Waals surface area contributed by atoms with Gasteiger partial charge in [-0.1, -0.05) is 45.8 Å². The molecule has 2 aliphatic heterocycles. The quantitative estimate of drug-likeness (QED) is 0.348. The summed E-state index contributed by atoms with van der Waals surface area (Å²) in [6.45, 7) is 8.12. The highest BCUT2D eigenvalue weighted by molar-refractivity contribution is 5.93. The zero-order valence-corrected chi connectivity index (χ0v) is 24.4. The maximum absolute atomic E-state index is 14.0. The number of nitrogens with zero attached hydrogens (tertiary/aromatic N) is 1. The van der Waals surface area contributed by atoms with Crippen LogP contribution in [0.3, 0.4) is 0 Å². The number of rotatable bonds is 6. The fraction of sp³-hybridized carbons (Fsp3) is 0.774. The Morgan fingerprint density at radius 3 is 2.28 bits per heavy atom. The van der Waals surface area contributed by atoms with Crippen molar-refractivity contribution in [3.8, 4) is 0 Å². The number of esters is 2. The van der Waals surface area contributed by atoms with E-state index in [1.165, 1.54) is 14.0 Å². The van der Waals surface area contributed by atoms with Gasteiger partial charge < -0.3 is 14.4 Å². The monoisotopic (exact) mass is 545 g/mol. The lowest BCUT2D eigenvalue weighted by atomic mass is 9.84. The summed E-state index contributed by atoms with van der Waals surface area (Å²) in [5.74, 6) is -1.77. The molecule has 1 saturated carbocycles. The molecule has 1 aliphatic carbocycles. The van der Waals surface area contributed by atoms with Crippen molar-refractivity contribution in [1.29, 1.82) is 0 Å². The highest BCUT2D eigenvalue weighted by Crippen LogP contribution is 2.65. The molecular formula is C31H47NO7. The summed E-state index contributed by atoms with van der Waals surface area (Å²) >= 11 is 0. The number of amides is 1. The number of carbonyl (C=O) groups excluding carboxylic acids is 5. The number of Topliss-reactive ketones (excluding diaryl/α,β-unsaturated/α-hetero) is 2. The Kier molecular flexibility index (Phi) is 10.9. The smallest absolute Gasteiger partial charge is 0.305 e. The highest BCUT2D eigenvalue weighted by Gasteiger charge is 2.69. The van der Waals surface area contributed by atoms with Crippen LogP contribution in [0.15, 0.2) is 12.2 Å². The molecule has 1 amide bonds. The van der Waals surface area contributed by atoms with Gasteiger partial charge in [0.05, 0.1) is 19.6 Å². The predicted octanol–water partition coefficient (Wildman–Crippen LogP) is 4.83. The summed E-state index contributed by atoms with van der Waals surface area (Å²) in [6.07, 6.45) is 9.97. The summed E-state index contributed by atoms with van der Waals surface area (Å²) in [5, 5.41) is 0. The first kappa shape index (κ1) is 31.0. The summed E-state index contributed by atoms with van der Waals surface area (Å²) < 4.78 is 10.2. The third kappa shape index (κ3) is 7.79. The Balaban J connectivity index is 1.88. The first-order chi connectivity index (χ1) is 18.5. The first-order valence-electron chi connectivity index (χ1n) is 14.7. The molecule has 8 heteroatoms. The van der Waals surface area contributed by atoms with Crippen molar-refractivity contribution in [1.82, 2.24) is 4.90 Å². The van der Waals surface area contributed by atoms with Gasteiger partial charge in [-0.05, 0) is 55.8 Å². The van der Waals surface area contributed by atoms with Crippen LogP contribution >= 0.6 is 0 Å². The van der Waals surface area contributed by atoms with E-state index in [0.29, 0.717) is 18.9 Å². The van der Waals surface area contributed by atoms with Crippen molar-refractivity contribution >= 4 is 29.4 Å². The van der Waals surface area contributed by atoms with Gasteiger partial charge in [0.2, 0.25) is 5.91 Å². The largest absolute Gasteiger partial charge is 0.469 e. The van der Waals surface area contributed by atoms with Crippen molar-refractivity contribution < 1.29 is 33.4 Å². The van der Waals surface area contributed by atoms with E-state index in [9.17, 15) is 24.0 Å². The molecule has 0 aromatic heterocycles. The summed E-state index contributed by atoms with van der Waals surface area (Å²) in [6, 6.07) is -0.511. The van der Waals surface area contributed by atoms with Crippen LogP contribution in [0, 0.1) is 29.1 Å². The summed E-state index contributed by atoms with van der Waals surface area (Å²) in [7, 11) is 1.26. The van der Waals surface area contributed by atoms with Gasteiger partial charge in [-0.2, -0.15) is 0 Å². The predicted molar refractivity (Wildman–Crippen MR) is 146 cm³/mol. The van der Waals surface area contributed by atoms with Crippen molar-refractivity contribution in [2.75, 3.05) is 13.7 Å². The minimum Gasteiger partial charge on any atom is -0.469 e. The average Bonchev–Trinajstić information content (AvgIpc) is 3.22. The minimum atomic E-state index is -1.11. The molecule has 218 valence electrons. The standard InChI is InChI=1S/C31H47NO7/c1-20-14-12-10-8-6-7-9-11-13-15-22(29(39-21(2)33)24(34)16-17-26(36)38-5)18-25(35)28-27-23(31(27,3)4)19-32(28)30(20)37/h6-7,20,22-23,27-29H,8-19H2,1-5H3/b7-6+/t20-,22+,23-,27-,28+,29?/m0/s1. The van der Waals surface area contributed by atoms with E-state index < -0.39 is 30.0 Å². The van der Waals surface area contributed by atoms with Crippen molar-refractivity contribution in [2.24, 2.45) is 29.1 Å². The number of ketones is 2. The van der Waals surface area contributed by atoms with Crippen molar-refractivity contribution in [3.05, 3.63) is 12.2 Å². The molecule has 2 heterocycles. The Morgan fingerprint density at radius 1 is 1.03 bits per heavy atom. The number of allylic oxidation sites excluding steroid dienone is 2. The molecular weight excluding hydrogens is 498 g/mol. The molecule has 3 rings (SSSR count). The van der Waals surface area contributed by atoms with Gasteiger partial charge in [0, 0.05) is 38.1 Å².